The molecule has 2 N–H and O–H groups in total. The molecule has 27 heavy (non-hydrogen) atoms. The second-order valence-electron chi connectivity index (χ2n) is 6.57. The maximum Gasteiger partial charge on any atom is 0.288 e. The Morgan fingerprint density at radius 2 is 1.89 bits per heavy atom. The van der Waals surface area contributed by atoms with E-state index in [0.29, 0.717) is 12.2 Å². The van der Waals surface area contributed by atoms with Gasteiger partial charge in [0.1, 0.15) is 6.54 Å². The van der Waals surface area contributed by atoms with Gasteiger partial charge in [0.25, 0.3) is 11.8 Å². The van der Waals surface area contributed by atoms with Crippen LogP contribution in [0.5, 0.6) is 0 Å². The van der Waals surface area contributed by atoms with Crippen molar-refractivity contribution in [2.75, 3.05) is 18.1 Å². The maximum atomic E-state index is 12.5. The van der Waals surface area contributed by atoms with Crippen LogP contribution in [0, 0.1) is 6.92 Å². The van der Waals surface area contributed by atoms with E-state index in [4.69, 9.17) is 0 Å². The number of carbonyl (C=O) groups excluding carboxylic acids is 2. The molecule has 2 amide bonds. The van der Waals surface area contributed by atoms with Crippen LogP contribution in [0.2, 0.25) is 0 Å². The quantitative estimate of drug-likeness (QED) is 0.827. The molecule has 0 fully saturated rings. The van der Waals surface area contributed by atoms with Crippen molar-refractivity contribution in [2.45, 2.75) is 26.2 Å². The van der Waals surface area contributed by atoms with Crippen molar-refractivity contribution in [1.29, 1.82) is 0 Å². The highest BCUT2D eigenvalue weighted by Crippen LogP contribution is 2.18. The molecule has 0 radical (unpaired) electrons. The molecule has 1 aliphatic rings. The first-order chi connectivity index (χ1) is 13.1. The first-order valence-electron chi connectivity index (χ1n) is 9.12. The average molecular weight is 364 g/mol. The van der Waals surface area contributed by atoms with Gasteiger partial charge in [0.2, 0.25) is 5.84 Å². The topological polar surface area (TPSA) is 73.8 Å². The second kappa shape index (κ2) is 8.49. The van der Waals surface area contributed by atoms with Crippen LogP contribution in [-0.4, -0.2) is 30.7 Å². The van der Waals surface area contributed by atoms with Crippen molar-refractivity contribution >= 4 is 23.3 Å². The Morgan fingerprint density at radius 3 is 2.56 bits per heavy atom. The molecule has 1 heterocycles. The molecular formula is C21H24N4O2. The molecule has 0 spiro atoms. The van der Waals surface area contributed by atoms with Crippen LogP contribution in [0.4, 0.5) is 5.69 Å². The van der Waals surface area contributed by atoms with Crippen molar-refractivity contribution < 1.29 is 9.59 Å². The second-order valence-corrected chi connectivity index (χ2v) is 6.57. The standard InChI is InChI=1S/C21H24N4O2/c1-3-16(17-7-5-4-6-8-17)13-23-21(27)20-22-14-19(26)25(24-20)18-11-9-15(2)10-12-18/h4-12,16H,3,13-14H2,1-2H3,(H,22,24)(H,23,27)/t16-/m0/s1. The number of amides is 2. The number of hydrogen-bond acceptors (Lipinski definition) is 4. The summed E-state index contributed by atoms with van der Waals surface area (Å²) >= 11 is 0. The zero-order valence-electron chi connectivity index (χ0n) is 15.6. The molecule has 0 bridgehead atoms. The van der Waals surface area contributed by atoms with Gasteiger partial charge >= 0.3 is 0 Å². The van der Waals surface area contributed by atoms with E-state index in [9.17, 15) is 9.59 Å². The van der Waals surface area contributed by atoms with Gasteiger partial charge in [0.05, 0.1) is 5.69 Å². The SMILES string of the molecule is CC[C@@H](CNC(=O)C1=NCC(=O)N(c2ccc(C)cc2)N1)c1ccccc1. The van der Waals surface area contributed by atoms with Gasteiger partial charge in [-0.1, -0.05) is 55.0 Å². The van der Waals surface area contributed by atoms with E-state index in [2.05, 4.69) is 34.8 Å². The van der Waals surface area contributed by atoms with Gasteiger partial charge in [-0.3, -0.25) is 20.0 Å². The average Bonchev–Trinajstić information content (AvgIpc) is 2.70. The number of hydrazine groups is 1. The molecular weight excluding hydrogens is 340 g/mol. The van der Waals surface area contributed by atoms with Crippen LogP contribution in [-0.2, 0) is 9.59 Å². The summed E-state index contributed by atoms with van der Waals surface area (Å²) in [7, 11) is 0. The van der Waals surface area contributed by atoms with Crippen molar-refractivity contribution in [2.24, 2.45) is 4.99 Å². The lowest BCUT2D eigenvalue weighted by Gasteiger charge is -2.28. The number of nitrogens with zero attached hydrogens (tertiary/aromatic N) is 2. The van der Waals surface area contributed by atoms with Gasteiger partial charge in [0, 0.05) is 12.5 Å². The van der Waals surface area contributed by atoms with Crippen molar-refractivity contribution in [3.8, 4) is 0 Å². The molecule has 3 rings (SSSR count). The number of anilines is 1. The van der Waals surface area contributed by atoms with Crippen LogP contribution in [0.3, 0.4) is 0 Å². The summed E-state index contributed by atoms with van der Waals surface area (Å²) in [4.78, 5) is 28.8. The number of carbonyl (C=O) groups is 2. The highest BCUT2D eigenvalue weighted by Gasteiger charge is 2.25. The van der Waals surface area contributed by atoms with E-state index >= 15 is 0 Å². The lowest BCUT2D eigenvalue weighted by atomic mass is 9.96. The Labute approximate surface area is 159 Å². The predicted molar refractivity (Wildman–Crippen MR) is 107 cm³/mol. The van der Waals surface area contributed by atoms with Gasteiger partial charge in [-0.15, -0.1) is 0 Å². The molecule has 0 saturated carbocycles. The third kappa shape index (κ3) is 4.53. The number of aliphatic imine (C=N–C) groups is 1. The highest BCUT2D eigenvalue weighted by molar-refractivity contribution is 6.39. The fraction of sp³-hybridized carbons (Fsp3) is 0.286. The van der Waals surface area contributed by atoms with Crippen molar-refractivity contribution in [3.63, 3.8) is 0 Å². The Hall–Kier alpha value is -3.15. The summed E-state index contributed by atoms with van der Waals surface area (Å²) < 4.78 is 0. The van der Waals surface area contributed by atoms with Crippen LogP contribution in [0.1, 0.15) is 30.4 Å². The van der Waals surface area contributed by atoms with Gasteiger partial charge in [-0.05, 0) is 31.0 Å². The Kier molecular flexibility index (Phi) is 5.86. The van der Waals surface area contributed by atoms with Crippen LogP contribution in [0.25, 0.3) is 0 Å². The van der Waals surface area contributed by atoms with E-state index in [-0.39, 0.29) is 30.1 Å². The first kappa shape index (κ1) is 18.6. The molecule has 2 aromatic rings. The third-order valence-corrected chi connectivity index (χ3v) is 4.62. The lowest BCUT2D eigenvalue weighted by molar-refractivity contribution is -0.118. The number of aryl methyl sites for hydroxylation is 1. The molecule has 6 heteroatoms. The van der Waals surface area contributed by atoms with Crippen LogP contribution < -0.4 is 15.8 Å². The highest BCUT2D eigenvalue weighted by atomic mass is 16.2. The summed E-state index contributed by atoms with van der Waals surface area (Å²) in [5.74, 6) is -0.132. The summed E-state index contributed by atoms with van der Waals surface area (Å²) in [6.07, 6.45) is 0.915. The monoisotopic (exact) mass is 364 g/mol. The largest absolute Gasteiger partial charge is 0.349 e. The van der Waals surface area contributed by atoms with Gasteiger partial charge in [-0.2, -0.15) is 0 Å². The summed E-state index contributed by atoms with van der Waals surface area (Å²) in [5, 5.41) is 4.30. The molecule has 1 atom stereocenters. The van der Waals surface area contributed by atoms with E-state index in [0.717, 1.165) is 12.0 Å². The molecule has 0 aromatic heterocycles. The smallest absolute Gasteiger partial charge is 0.288 e. The summed E-state index contributed by atoms with van der Waals surface area (Å²) in [5.41, 5.74) is 5.81. The fourth-order valence-corrected chi connectivity index (χ4v) is 2.97. The molecule has 6 nitrogen and oxygen atoms in total. The van der Waals surface area contributed by atoms with E-state index in [1.807, 2.05) is 49.4 Å². The zero-order valence-corrected chi connectivity index (χ0v) is 15.6. The molecule has 0 aliphatic carbocycles. The Bertz CT molecular complexity index is 831. The minimum absolute atomic E-state index is 0.0560. The summed E-state index contributed by atoms with van der Waals surface area (Å²) in [6.45, 7) is 4.53. The fourth-order valence-electron chi connectivity index (χ4n) is 2.97. The van der Waals surface area contributed by atoms with Crippen LogP contribution in [0.15, 0.2) is 59.6 Å². The number of hydrogen-bond donors (Lipinski definition) is 2. The van der Waals surface area contributed by atoms with Crippen molar-refractivity contribution in [1.82, 2.24) is 10.7 Å². The van der Waals surface area contributed by atoms with Crippen molar-refractivity contribution in [3.05, 3.63) is 65.7 Å². The Balaban J connectivity index is 1.64. The maximum absolute atomic E-state index is 12.5. The lowest BCUT2D eigenvalue weighted by Crippen LogP contribution is -2.56. The number of rotatable bonds is 6. The normalized spacial score (nSPS) is 15.0. The Morgan fingerprint density at radius 1 is 1.19 bits per heavy atom. The number of benzene rings is 2. The number of nitrogens with one attached hydrogen (secondary N) is 2. The molecule has 2 aromatic carbocycles. The van der Waals surface area contributed by atoms with Gasteiger partial charge in [-0.25, -0.2) is 5.01 Å². The van der Waals surface area contributed by atoms with Crippen LogP contribution >= 0.6 is 0 Å². The third-order valence-electron chi connectivity index (χ3n) is 4.62. The minimum Gasteiger partial charge on any atom is -0.349 e. The van der Waals surface area contributed by atoms with E-state index in [1.54, 1.807) is 0 Å². The summed E-state index contributed by atoms with van der Waals surface area (Å²) in [6, 6.07) is 17.6. The predicted octanol–water partition coefficient (Wildman–Crippen LogP) is 2.55. The first-order valence-corrected chi connectivity index (χ1v) is 9.12. The molecule has 0 saturated heterocycles. The van der Waals surface area contributed by atoms with E-state index < -0.39 is 0 Å². The minimum atomic E-state index is -0.311. The molecule has 140 valence electrons. The zero-order chi connectivity index (χ0) is 19.2. The molecule has 0 unspecified atom stereocenters. The van der Waals surface area contributed by atoms with E-state index in [1.165, 1.54) is 10.6 Å². The van der Waals surface area contributed by atoms with Gasteiger partial charge < -0.3 is 5.32 Å². The molecule has 1 aliphatic heterocycles. The number of amidine groups is 1. The van der Waals surface area contributed by atoms with Gasteiger partial charge in [0.15, 0.2) is 0 Å².